The van der Waals surface area contributed by atoms with E-state index in [0.29, 0.717) is 6.10 Å². The van der Waals surface area contributed by atoms with Crippen LogP contribution in [0.15, 0.2) is 24.3 Å². The van der Waals surface area contributed by atoms with Crippen LogP contribution in [0.3, 0.4) is 0 Å². The standard InChI is InChI=1S/C31H52O3S/c1-3-4-20-28-21-15-16-24-30(28)31(32)34-27(2)35-26-19-13-11-9-7-5-6-8-10-12-14-22-29-23-17-18-25-33-29/h15-16,21,24,27,29H,3-14,17-20,22-23,25-26H2,1-2H3. The number of unbranched alkanes of at least 4 members (excludes halogenated alkanes) is 11. The molecule has 1 aromatic rings. The number of esters is 1. The molecule has 2 unspecified atom stereocenters. The lowest BCUT2D eigenvalue weighted by Gasteiger charge is -2.22. The van der Waals surface area contributed by atoms with Gasteiger partial charge in [-0.15, -0.1) is 11.8 Å². The zero-order valence-electron chi connectivity index (χ0n) is 22.7. The average Bonchev–Trinajstić information content (AvgIpc) is 2.88. The number of thioether (sulfide) groups is 1. The van der Waals surface area contributed by atoms with Gasteiger partial charge < -0.3 is 9.47 Å². The zero-order valence-corrected chi connectivity index (χ0v) is 23.6. The SMILES string of the molecule is CCCCc1ccccc1C(=O)OC(C)SCCCCCCCCCCCCCC1CCCCO1. The van der Waals surface area contributed by atoms with Crippen LogP contribution in [0.2, 0.25) is 0 Å². The highest BCUT2D eigenvalue weighted by molar-refractivity contribution is 7.99. The van der Waals surface area contributed by atoms with Crippen molar-refractivity contribution in [1.82, 2.24) is 0 Å². The van der Waals surface area contributed by atoms with Gasteiger partial charge in [0.15, 0.2) is 0 Å². The van der Waals surface area contributed by atoms with Crippen molar-refractivity contribution in [2.24, 2.45) is 0 Å². The summed E-state index contributed by atoms with van der Waals surface area (Å²) < 4.78 is 11.5. The van der Waals surface area contributed by atoms with Crippen LogP contribution in [0.25, 0.3) is 0 Å². The second kappa shape index (κ2) is 20.1. The van der Waals surface area contributed by atoms with Crippen molar-refractivity contribution >= 4 is 17.7 Å². The van der Waals surface area contributed by atoms with E-state index < -0.39 is 0 Å². The van der Waals surface area contributed by atoms with Gasteiger partial charge in [-0.2, -0.15) is 0 Å². The third-order valence-corrected chi connectivity index (χ3v) is 8.20. The third kappa shape index (κ3) is 14.4. The molecule has 0 saturated carbocycles. The molecule has 0 aliphatic carbocycles. The van der Waals surface area contributed by atoms with E-state index in [9.17, 15) is 4.79 Å². The van der Waals surface area contributed by atoms with E-state index in [4.69, 9.17) is 9.47 Å². The Morgan fingerprint density at radius 2 is 1.60 bits per heavy atom. The van der Waals surface area contributed by atoms with Crippen LogP contribution in [-0.4, -0.2) is 29.9 Å². The van der Waals surface area contributed by atoms with E-state index in [0.717, 1.165) is 42.7 Å². The Hall–Kier alpha value is -1.00. The van der Waals surface area contributed by atoms with Gasteiger partial charge in [0.05, 0.1) is 11.7 Å². The number of benzene rings is 1. The first-order valence-corrected chi connectivity index (χ1v) is 15.8. The highest BCUT2D eigenvalue weighted by Crippen LogP contribution is 2.21. The molecule has 0 bridgehead atoms. The van der Waals surface area contributed by atoms with Crippen molar-refractivity contribution in [3.05, 3.63) is 35.4 Å². The molecule has 2 rings (SSSR count). The Bertz CT molecular complexity index is 656. The Morgan fingerprint density at radius 1 is 0.943 bits per heavy atom. The number of carbonyl (C=O) groups is 1. The molecular weight excluding hydrogens is 452 g/mol. The molecule has 35 heavy (non-hydrogen) atoms. The molecule has 1 aromatic carbocycles. The summed E-state index contributed by atoms with van der Waals surface area (Å²) in [6.07, 6.45) is 23.9. The lowest BCUT2D eigenvalue weighted by atomic mass is 10.0. The average molecular weight is 505 g/mol. The predicted molar refractivity (Wildman–Crippen MR) is 151 cm³/mol. The topological polar surface area (TPSA) is 35.5 Å². The number of aryl methyl sites for hydroxylation is 1. The number of hydrogen-bond donors (Lipinski definition) is 0. The first-order valence-electron chi connectivity index (χ1n) is 14.7. The molecule has 0 amide bonds. The number of hydrogen-bond acceptors (Lipinski definition) is 4. The van der Waals surface area contributed by atoms with E-state index >= 15 is 0 Å². The Morgan fingerprint density at radius 3 is 2.26 bits per heavy atom. The molecule has 1 heterocycles. The van der Waals surface area contributed by atoms with E-state index in [1.165, 1.54) is 96.3 Å². The minimum Gasteiger partial charge on any atom is -0.448 e. The van der Waals surface area contributed by atoms with Crippen LogP contribution in [-0.2, 0) is 15.9 Å². The molecule has 1 saturated heterocycles. The highest BCUT2D eigenvalue weighted by Gasteiger charge is 2.15. The second-order valence-electron chi connectivity index (χ2n) is 10.3. The van der Waals surface area contributed by atoms with Gasteiger partial charge in [-0.25, -0.2) is 4.79 Å². The summed E-state index contributed by atoms with van der Waals surface area (Å²) >= 11 is 1.76. The first-order chi connectivity index (χ1) is 17.2. The Kier molecular flexibility index (Phi) is 17.4. The van der Waals surface area contributed by atoms with E-state index in [-0.39, 0.29) is 11.4 Å². The molecule has 2 atom stereocenters. The summed E-state index contributed by atoms with van der Waals surface area (Å²) in [7, 11) is 0. The lowest BCUT2D eigenvalue weighted by molar-refractivity contribution is 0.00976. The van der Waals surface area contributed by atoms with Gasteiger partial charge in [-0.1, -0.05) is 95.8 Å². The number of ether oxygens (including phenoxy) is 2. The summed E-state index contributed by atoms with van der Waals surface area (Å²) in [5.41, 5.74) is 1.76. The van der Waals surface area contributed by atoms with Gasteiger partial charge >= 0.3 is 5.97 Å². The van der Waals surface area contributed by atoms with Crippen LogP contribution in [0.5, 0.6) is 0 Å². The van der Waals surface area contributed by atoms with Gasteiger partial charge in [0.25, 0.3) is 0 Å². The second-order valence-corrected chi connectivity index (χ2v) is 11.7. The first kappa shape index (κ1) is 30.2. The smallest absolute Gasteiger partial charge is 0.339 e. The monoisotopic (exact) mass is 504 g/mol. The van der Waals surface area contributed by atoms with Crippen LogP contribution in [0, 0.1) is 0 Å². The van der Waals surface area contributed by atoms with Crippen LogP contribution < -0.4 is 0 Å². The quantitative estimate of drug-likeness (QED) is 0.101. The van der Waals surface area contributed by atoms with E-state index in [1.54, 1.807) is 11.8 Å². The van der Waals surface area contributed by atoms with Crippen molar-refractivity contribution in [1.29, 1.82) is 0 Å². The molecule has 3 nitrogen and oxygen atoms in total. The summed E-state index contributed by atoms with van der Waals surface area (Å²) in [6.45, 7) is 5.17. The third-order valence-electron chi connectivity index (χ3n) is 7.11. The minimum atomic E-state index is -0.171. The summed E-state index contributed by atoms with van der Waals surface area (Å²) in [4.78, 5) is 12.6. The van der Waals surface area contributed by atoms with Gasteiger partial charge in [-0.3, -0.25) is 0 Å². The van der Waals surface area contributed by atoms with Gasteiger partial charge in [-0.05, 0) is 69.3 Å². The summed E-state index contributed by atoms with van der Waals surface area (Å²) in [5, 5.41) is 0. The van der Waals surface area contributed by atoms with Crippen molar-refractivity contribution in [2.75, 3.05) is 12.4 Å². The molecule has 0 N–H and O–H groups in total. The normalized spacial score (nSPS) is 16.8. The van der Waals surface area contributed by atoms with Crippen molar-refractivity contribution in [2.45, 2.75) is 141 Å². The maximum Gasteiger partial charge on any atom is 0.339 e. The molecule has 0 radical (unpaired) electrons. The number of rotatable bonds is 20. The van der Waals surface area contributed by atoms with Crippen molar-refractivity contribution in [3.63, 3.8) is 0 Å². The zero-order chi connectivity index (χ0) is 25.0. The molecule has 1 fully saturated rings. The fourth-order valence-electron chi connectivity index (χ4n) is 4.90. The predicted octanol–water partition coefficient (Wildman–Crippen LogP) is 9.52. The fourth-order valence-corrected chi connectivity index (χ4v) is 5.76. The molecule has 200 valence electrons. The highest BCUT2D eigenvalue weighted by atomic mass is 32.2. The molecule has 1 aliphatic rings. The Balaban J connectivity index is 1.37. The maximum absolute atomic E-state index is 12.6. The van der Waals surface area contributed by atoms with Crippen LogP contribution in [0.1, 0.15) is 139 Å². The summed E-state index contributed by atoms with van der Waals surface area (Å²) in [6, 6.07) is 7.89. The molecule has 1 aliphatic heterocycles. The molecule has 0 spiro atoms. The number of carbonyl (C=O) groups excluding carboxylic acids is 1. The molecule has 0 aromatic heterocycles. The Labute approximate surface area is 220 Å². The van der Waals surface area contributed by atoms with Crippen LogP contribution in [0.4, 0.5) is 0 Å². The summed E-state index contributed by atoms with van der Waals surface area (Å²) in [5.74, 6) is 0.896. The molecular formula is C31H52O3S. The van der Waals surface area contributed by atoms with Crippen molar-refractivity contribution < 1.29 is 14.3 Å². The van der Waals surface area contributed by atoms with Gasteiger partial charge in [0.1, 0.15) is 5.44 Å². The van der Waals surface area contributed by atoms with Crippen molar-refractivity contribution in [3.8, 4) is 0 Å². The maximum atomic E-state index is 12.6. The van der Waals surface area contributed by atoms with Crippen LogP contribution >= 0.6 is 11.8 Å². The van der Waals surface area contributed by atoms with Gasteiger partial charge in [0, 0.05) is 6.61 Å². The largest absolute Gasteiger partial charge is 0.448 e. The lowest BCUT2D eigenvalue weighted by Crippen LogP contribution is -2.18. The minimum absolute atomic E-state index is 0.0862. The molecule has 4 heteroatoms. The van der Waals surface area contributed by atoms with Gasteiger partial charge in [0.2, 0.25) is 0 Å². The van der Waals surface area contributed by atoms with E-state index in [1.807, 2.05) is 25.1 Å². The fraction of sp³-hybridized carbons (Fsp3) is 0.774. The van der Waals surface area contributed by atoms with E-state index in [2.05, 4.69) is 13.0 Å².